The lowest BCUT2D eigenvalue weighted by Gasteiger charge is -2.12. The van der Waals surface area contributed by atoms with Gasteiger partial charge in [0.15, 0.2) is 0 Å². The van der Waals surface area contributed by atoms with Crippen LogP contribution in [0.15, 0.2) is 12.1 Å². The summed E-state index contributed by atoms with van der Waals surface area (Å²) >= 11 is 0. The zero-order valence-corrected chi connectivity index (χ0v) is 8.89. The molecule has 0 atom stereocenters. The molecule has 0 amide bonds. The van der Waals surface area contributed by atoms with Crippen LogP contribution in [0.1, 0.15) is 43.4 Å². The highest BCUT2D eigenvalue weighted by Crippen LogP contribution is 2.27. The van der Waals surface area contributed by atoms with E-state index in [1.165, 1.54) is 11.1 Å². The lowest BCUT2D eigenvalue weighted by atomic mass is 9.94. The molecule has 0 saturated carbocycles. The van der Waals surface area contributed by atoms with Crippen LogP contribution in [0.4, 0.5) is 0 Å². The van der Waals surface area contributed by atoms with Gasteiger partial charge in [-0.1, -0.05) is 26.8 Å². The van der Waals surface area contributed by atoms with Crippen LogP contribution in [0.5, 0.6) is 5.75 Å². The van der Waals surface area contributed by atoms with E-state index in [1.807, 2.05) is 6.07 Å². The molecule has 72 valence electrons. The van der Waals surface area contributed by atoms with Crippen molar-refractivity contribution in [2.75, 3.05) is 0 Å². The number of hydrogen-bond donors (Lipinski definition) is 1. The van der Waals surface area contributed by atoms with E-state index in [-0.39, 0.29) is 0 Å². The van der Waals surface area contributed by atoms with Gasteiger partial charge in [0.25, 0.3) is 0 Å². The first-order valence-electron chi connectivity index (χ1n) is 4.88. The average molecular weight is 178 g/mol. The summed E-state index contributed by atoms with van der Waals surface area (Å²) in [7, 11) is 0. The van der Waals surface area contributed by atoms with Crippen LogP contribution in [-0.2, 0) is 6.42 Å². The molecule has 0 bridgehead atoms. The molecule has 0 fully saturated rings. The molecule has 0 saturated heterocycles. The number of rotatable bonds is 2. The maximum atomic E-state index is 9.60. The summed E-state index contributed by atoms with van der Waals surface area (Å²) in [6, 6.07) is 3.99. The van der Waals surface area contributed by atoms with Crippen LogP contribution >= 0.6 is 0 Å². The fourth-order valence-corrected chi connectivity index (χ4v) is 1.66. The second kappa shape index (κ2) is 3.82. The van der Waals surface area contributed by atoms with Crippen LogP contribution in [0.3, 0.4) is 0 Å². The highest BCUT2D eigenvalue weighted by Gasteiger charge is 2.07. The summed E-state index contributed by atoms with van der Waals surface area (Å²) in [5, 5.41) is 9.60. The van der Waals surface area contributed by atoms with Crippen LogP contribution in [0.25, 0.3) is 0 Å². The molecule has 1 aromatic carbocycles. The molecule has 0 aliphatic carbocycles. The van der Waals surface area contributed by atoms with Gasteiger partial charge in [-0.05, 0) is 42.0 Å². The summed E-state index contributed by atoms with van der Waals surface area (Å²) < 4.78 is 0. The van der Waals surface area contributed by atoms with Gasteiger partial charge in [-0.25, -0.2) is 0 Å². The zero-order valence-electron chi connectivity index (χ0n) is 8.89. The Morgan fingerprint density at radius 1 is 1.31 bits per heavy atom. The molecule has 1 nitrogen and oxygen atoms in total. The van der Waals surface area contributed by atoms with E-state index in [2.05, 4.69) is 33.8 Å². The Morgan fingerprint density at radius 3 is 2.38 bits per heavy atom. The Morgan fingerprint density at radius 2 is 1.92 bits per heavy atom. The van der Waals surface area contributed by atoms with Gasteiger partial charge < -0.3 is 5.11 Å². The van der Waals surface area contributed by atoms with E-state index >= 15 is 0 Å². The van der Waals surface area contributed by atoms with Crippen molar-refractivity contribution < 1.29 is 5.11 Å². The van der Waals surface area contributed by atoms with Gasteiger partial charge in [0, 0.05) is 0 Å². The molecule has 1 rings (SSSR count). The fourth-order valence-electron chi connectivity index (χ4n) is 1.66. The molecule has 1 heteroatoms. The molecule has 0 aliphatic heterocycles. The average Bonchev–Trinajstić information content (AvgIpc) is 2.03. The standard InChI is InChI=1S/C12H18O/c1-5-10-7-11(8(2)3)9(4)6-12(10)13/h6-8,13H,5H2,1-4H3. The highest BCUT2D eigenvalue weighted by molar-refractivity contribution is 5.42. The lowest BCUT2D eigenvalue weighted by Crippen LogP contribution is -1.94. The molecule has 13 heavy (non-hydrogen) atoms. The SMILES string of the molecule is CCc1cc(C(C)C)c(C)cc1O. The van der Waals surface area contributed by atoms with Crippen molar-refractivity contribution in [1.29, 1.82) is 0 Å². The predicted molar refractivity (Wildman–Crippen MR) is 56.3 cm³/mol. The third-order valence-corrected chi connectivity index (χ3v) is 2.47. The smallest absolute Gasteiger partial charge is 0.119 e. The van der Waals surface area contributed by atoms with Gasteiger partial charge in [0.2, 0.25) is 0 Å². The molecular weight excluding hydrogens is 160 g/mol. The van der Waals surface area contributed by atoms with E-state index < -0.39 is 0 Å². The number of hydrogen-bond acceptors (Lipinski definition) is 1. The minimum absolute atomic E-state index is 0.435. The van der Waals surface area contributed by atoms with Crippen LogP contribution in [0.2, 0.25) is 0 Å². The predicted octanol–water partition coefficient (Wildman–Crippen LogP) is 3.39. The van der Waals surface area contributed by atoms with Gasteiger partial charge in [0.1, 0.15) is 5.75 Å². The van der Waals surface area contributed by atoms with Crippen LogP contribution in [0, 0.1) is 6.92 Å². The van der Waals surface area contributed by atoms with E-state index in [0.717, 1.165) is 12.0 Å². The maximum Gasteiger partial charge on any atom is 0.119 e. The third-order valence-electron chi connectivity index (χ3n) is 2.47. The van der Waals surface area contributed by atoms with Crippen molar-refractivity contribution in [3.63, 3.8) is 0 Å². The lowest BCUT2D eigenvalue weighted by molar-refractivity contribution is 0.468. The molecular formula is C12H18O. The van der Waals surface area contributed by atoms with Crippen molar-refractivity contribution in [2.24, 2.45) is 0 Å². The third kappa shape index (κ3) is 2.03. The first-order chi connectivity index (χ1) is 6.06. The number of phenolic OH excluding ortho intramolecular Hbond substituents is 1. The van der Waals surface area contributed by atoms with E-state index in [1.54, 1.807) is 0 Å². The van der Waals surface area contributed by atoms with Crippen molar-refractivity contribution in [3.05, 3.63) is 28.8 Å². The minimum Gasteiger partial charge on any atom is -0.508 e. The van der Waals surface area contributed by atoms with Crippen molar-refractivity contribution >= 4 is 0 Å². The Kier molecular flexibility index (Phi) is 2.97. The largest absolute Gasteiger partial charge is 0.508 e. The second-order valence-electron chi connectivity index (χ2n) is 3.85. The van der Waals surface area contributed by atoms with Gasteiger partial charge >= 0.3 is 0 Å². The first kappa shape index (κ1) is 10.1. The summed E-state index contributed by atoms with van der Waals surface area (Å²) in [5.74, 6) is 0.968. The quantitative estimate of drug-likeness (QED) is 0.736. The molecule has 0 unspecified atom stereocenters. The van der Waals surface area contributed by atoms with Crippen molar-refractivity contribution in [2.45, 2.75) is 40.0 Å². The Hall–Kier alpha value is -0.980. The maximum absolute atomic E-state index is 9.60. The van der Waals surface area contributed by atoms with Crippen LogP contribution < -0.4 is 0 Å². The molecule has 1 aromatic rings. The minimum atomic E-state index is 0.435. The molecule has 0 radical (unpaired) electrons. The zero-order chi connectivity index (χ0) is 10.0. The Labute approximate surface area is 80.4 Å². The van der Waals surface area contributed by atoms with Gasteiger partial charge in [-0.15, -0.1) is 0 Å². The Balaban J connectivity index is 3.22. The summed E-state index contributed by atoms with van der Waals surface area (Å²) in [5.41, 5.74) is 3.58. The Bertz CT molecular complexity index is 300. The van der Waals surface area contributed by atoms with Crippen molar-refractivity contribution in [3.8, 4) is 5.75 Å². The van der Waals surface area contributed by atoms with Crippen molar-refractivity contribution in [1.82, 2.24) is 0 Å². The topological polar surface area (TPSA) is 20.2 Å². The molecule has 0 aliphatic rings. The number of aromatic hydroxyl groups is 1. The normalized spacial score (nSPS) is 10.8. The van der Waals surface area contributed by atoms with E-state index in [9.17, 15) is 5.11 Å². The number of benzene rings is 1. The number of aryl methyl sites for hydroxylation is 2. The van der Waals surface area contributed by atoms with E-state index in [0.29, 0.717) is 11.7 Å². The second-order valence-corrected chi connectivity index (χ2v) is 3.85. The summed E-state index contributed by atoms with van der Waals surface area (Å²) in [6.07, 6.45) is 0.895. The van der Waals surface area contributed by atoms with Gasteiger partial charge in [-0.2, -0.15) is 0 Å². The van der Waals surface area contributed by atoms with Crippen LogP contribution in [-0.4, -0.2) is 5.11 Å². The number of phenols is 1. The van der Waals surface area contributed by atoms with Gasteiger partial charge in [-0.3, -0.25) is 0 Å². The molecule has 0 aromatic heterocycles. The first-order valence-corrected chi connectivity index (χ1v) is 4.88. The van der Waals surface area contributed by atoms with E-state index in [4.69, 9.17) is 0 Å². The van der Waals surface area contributed by atoms with Gasteiger partial charge in [0.05, 0.1) is 0 Å². The monoisotopic (exact) mass is 178 g/mol. The molecule has 1 N–H and O–H groups in total. The summed E-state index contributed by atoms with van der Waals surface area (Å²) in [6.45, 7) is 8.47. The highest BCUT2D eigenvalue weighted by atomic mass is 16.3. The molecule has 0 heterocycles. The molecule has 0 spiro atoms. The summed E-state index contributed by atoms with van der Waals surface area (Å²) in [4.78, 5) is 0. The fraction of sp³-hybridized carbons (Fsp3) is 0.500.